The standard InChI is InChI=1S/C18H18N4O2S/c1-13-4-3-5-15(8-13)11-24-16-7-6-14(9-17(16)23-2)10-20-22-12-19-21-18(22)25/h3-10,12H,11H2,1-2H3,(H,21,25)/b20-10+. The van der Waals surface area contributed by atoms with Gasteiger partial charge in [-0.05, 0) is 48.5 Å². The third-order valence-electron chi connectivity index (χ3n) is 3.53. The van der Waals surface area contributed by atoms with Crippen molar-refractivity contribution in [1.29, 1.82) is 0 Å². The Kier molecular flexibility index (Phi) is 5.25. The molecule has 0 aliphatic rings. The Bertz CT molecular complexity index is 946. The van der Waals surface area contributed by atoms with Crippen molar-refractivity contribution in [3.63, 3.8) is 0 Å². The molecule has 0 aliphatic heterocycles. The number of rotatable bonds is 6. The number of benzene rings is 2. The van der Waals surface area contributed by atoms with Crippen LogP contribution in [0.15, 0.2) is 53.9 Å². The molecular formula is C18H18N4O2S. The highest BCUT2D eigenvalue weighted by molar-refractivity contribution is 7.71. The van der Waals surface area contributed by atoms with Crippen molar-refractivity contribution in [3.05, 3.63) is 70.3 Å². The predicted molar refractivity (Wildman–Crippen MR) is 98.9 cm³/mol. The maximum atomic E-state index is 5.89. The molecule has 0 aliphatic carbocycles. The van der Waals surface area contributed by atoms with Crippen LogP contribution in [0.5, 0.6) is 11.5 Å². The third-order valence-corrected chi connectivity index (χ3v) is 3.81. The quantitative estimate of drug-likeness (QED) is 0.541. The van der Waals surface area contributed by atoms with Gasteiger partial charge in [-0.15, -0.1) is 0 Å². The van der Waals surface area contributed by atoms with Crippen molar-refractivity contribution in [3.8, 4) is 11.5 Å². The predicted octanol–water partition coefficient (Wildman–Crippen LogP) is 3.72. The zero-order chi connectivity index (χ0) is 17.6. The molecule has 0 bridgehead atoms. The zero-order valence-corrected chi connectivity index (χ0v) is 14.8. The number of hydrogen-bond donors (Lipinski definition) is 1. The van der Waals surface area contributed by atoms with Crippen LogP contribution >= 0.6 is 12.2 Å². The summed E-state index contributed by atoms with van der Waals surface area (Å²) < 4.78 is 13.2. The number of nitrogens with zero attached hydrogens (tertiary/aromatic N) is 3. The van der Waals surface area contributed by atoms with Gasteiger partial charge in [0.25, 0.3) is 0 Å². The molecule has 0 radical (unpaired) electrons. The van der Waals surface area contributed by atoms with Crippen LogP contribution in [0.3, 0.4) is 0 Å². The fourth-order valence-electron chi connectivity index (χ4n) is 2.30. The van der Waals surface area contributed by atoms with Crippen LogP contribution in [0.4, 0.5) is 0 Å². The summed E-state index contributed by atoms with van der Waals surface area (Å²) >= 11 is 5.05. The lowest BCUT2D eigenvalue weighted by atomic mass is 10.1. The van der Waals surface area contributed by atoms with Gasteiger partial charge in [-0.2, -0.15) is 14.9 Å². The van der Waals surface area contributed by atoms with Crippen LogP contribution in [0.2, 0.25) is 0 Å². The number of methoxy groups -OCH3 is 1. The molecule has 0 saturated heterocycles. The molecule has 3 aromatic rings. The molecule has 0 amide bonds. The number of aromatic nitrogens is 3. The van der Waals surface area contributed by atoms with E-state index in [1.807, 2.05) is 30.3 Å². The molecule has 0 saturated carbocycles. The lowest BCUT2D eigenvalue weighted by Gasteiger charge is -2.11. The second kappa shape index (κ2) is 7.76. The molecule has 0 unspecified atom stereocenters. The molecule has 3 rings (SSSR count). The van der Waals surface area contributed by atoms with Gasteiger partial charge >= 0.3 is 0 Å². The van der Waals surface area contributed by atoms with E-state index in [0.29, 0.717) is 22.9 Å². The van der Waals surface area contributed by atoms with E-state index in [4.69, 9.17) is 21.7 Å². The van der Waals surface area contributed by atoms with E-state index in [1.165, 1.54) is 16.6 Å². The van der Waals surface area contributed by atoms with Crippen molar-refractivity contribution in [2.45, 2.75) is 13.5 Å². The smallest absolute Gasteiger partial charge is 0.216 e. The first kappa shape index (κ1) is 16.9. The van der Waals surface area contributed by atoms with Crippen molar-refractivity contribution in [2.24, 2.45) is 5.10 Å². The van der Waals surface area contributed by atoms with Crippen LogP contribution in [0.25, 0.3) is 0 Å². The Balaban J connectivity index is 1.74. The van der Waals surface area contributed by atoms with Crippen LogP contribution in [-0.2, 0) is 6.61 Å². The highest BCUT2D eigenvalue weighted by Crippen LogP contribution is 2.28. The summed E-state index contributed by atoms with van der Waals surface area (Å²) in [5, 5.41) is 10.7. The second-order valence-corrected chi connectivity index (χ2v) is 5.83. The maximum absolute atomic E-state index is 5.89. The van der Waals surface area contributed by atoms with E-state index >= 15 is 0 Å². The average Bonchev–Trinajstić information content (AvgIpc) is 3.03. The van der Waals surface area contributed by atoms with Crippen molar-refractivity contribution in [1.82, 2.24) is 14.9 Å². The zero-order valence-electron chi connectivity index (χ0n) is 14.0. The highest BCUT2D eigenvalue weighted by atomic mass is 32.1. The van der Waals surface area contributed by atoms with Crippen molar-refractivity contribution >= 4 is 18.4 Å². The van der Waals surface area contributed by atoms with Crippen LogP contribution < -0.4 is 9.47 Å². The van der Waals surface area contributed by atoms with E-state index in [1.54, 1.807) is 13.3 Å². The largest absolute Gasteiger partial charge is 0.493 e. The third kappa shape index (κ3) is 4.33. The summed E-state index contributed by atoms with van der Waals surface area (Å²) in [5.74, 6) is 1.33. The first-order valence-corrected chi connectivity index (χ1v) is 8.09. The van der Waals surface area contributed by atoms with Gasteiger partial charge in [0.1, 0.15) is 12.9 Å². The number of hydrogen-bond acceptors (Lipinski definition) is 5. The molecule has 6 nitrogen and oxygen atoms in total. The van der Waals surface area contributed by atoms with E-state index in [9.17, 15) is 0 Å². The number of ether oxygens (including phenoxy) is 2. The van der Waals surface area contributed by atoms with Gasteiger partial charge in [-0.3, -0.25) is 5.10 Å². The van der Waals surface area contributed by atoms with Crippen LogP contribution in [-0.4, -0.2) is 28.2 Å². The molecule has 2 aromatic carbocycles. The summed E-state index contributed by atoms with van der Waals surface area (Å²) in [6.45, 7) is 2.54. The number of aromatic amines is 1. The maximum Gasteiger partial charge on any atom is 0.216 e. The van der Waals surface area contributed by atoms with Crippen LogP contribution in [0, 0.1) is 11.7 Å². The Hall–Kier alpha value is -2.93. The topological polar surface area (TPSA) is 64.4 Å². The molecule has 1 N–H and O–H groups in total. The number of aryl methyl sites for hydroxylation is 1. The Morgan fingerprint density at radius 2 is 2.12 bits per heavy atom. The number of nitrogens with one attached hydrogen (secondary N) is 1. The Morgan fingerprint density at radius 3 is 2.84 bits per heavy atom. The lowest BCUT2D eigenvalue weighted by molar-refractivity contribution is 0.284. The molecule has 1 heterocycles. The minimum atomic E-state index is 0.432. The van der Waals surface area contributed by atoms with E-state index in [2.05, 4.69) is 34.4 Å². The van der Waals surface area contributed by atoms with Gasteiger partial charge in [0.2, 0.25) is 4.77 Å². The Labute approximate surface area is 150 Å². The van der Waals surface area contributed by atoms with Gasteiger partial charge in [-0.25, -0.2) is 0 Å². The highest BCUT2D eigenvalue weighted by Gasteiger charge is 2.06. The van der Waals surface area contributed by atoms with Gasteiger partial charge < -0.3 is 9.47 Å². The normalized spacial score (nSPS) is 11.0. The fourth-order valence-corrected chi connectivity index (χ4v) is 2.45. The minimum Gasteiger partial charge on any atom is -0.493 e. The minimum absolute atomic E-state index is 0.432. The lowest BCUT2D eigenvalue weighted by Crippen LogP contribution is -1.99. The summed E-state index contributed by atoms with van der Waals surface area (Å²) in [7, 11) is 1.61. The second-order valence-electron chi connectivity index (χ2n) is 5.44. The van der Waals surface area contributed by atoms with Crippen LogP contribution in [0.1, 0.15) is 16.7 Å². The van der Waals surface area contributed by atoms with Crippen molar-refractivity contribution in [2.75, 3.05) is 7.11 Å². The van der Waals surface area contributed by atoms with Gasteiger partial charge in [0.15, 0.2) is 11.5 Å². The molecule has 0 spiro atoms. The fraction of sp³-hybridized carbons (Fsp3) is 0.167. The molecule has 25 heavy (non-hydrogen) atoms. The molecule has 128 valence electrons. The summed E-state index contributed by atoms with van der Waals surface area (Å²) in [5.41, 5.74) is 3.18. The molecular weight excluding hydrogens is 336 g/mol. The van der Waals surface area contributed by atoms with Gasteiger partial charge in [0.05, 0.1) is 13.3 Å². The van der Waals surface area contributed by atoms with E-state index in [-0.39, 0.29) is 0 Å². The molecule has 0 fully saturated rings. The van der Waals surface area contributed by atoms with E-state index < -0.39 is 0 Å². The van der Waals surface area contributed by atoms with Gasteiger partial charge in [0, 0.05) is 0 Å². The monoisotopic (exact) mass is 354 g/mol. The van der Waals surface area contributed by atoms with Crippen molar-refractivity contribution < 1.29 is 9.47 Å². The average molecular weight is 354 g/mol. The first-order chi connectivity index (χ1) is 12.2. The Morgan fingerprint density at radius 1 is 1.24 bits per heavy atom. The molecule has 7 heteroatoms. The summed E-state index contributed by atoms with van der Waals surface area (Å²) in [6, 6.07) is 13.8. The van der Waals surface area contributed by atoms with E-state index in [0.717, 1.165) is 11.1 Å². The first-order valence-electron chi connectivity index (χ1n) is 7.68. The summed E-state index contributed by atoms with van der Waals surface area (Å²) in [6.07, 6.45) is 3.19. The molecule has 0 atom stereocenters. The van der Waals surface area contributed by atoms with Gasteiger partial charge in [-0.1, -0.05) is 29.8 Å². The summed E-state index contributed by atoms with van der Waals surface area (Å²) in [4.78, 5) is 0. The molecule has 1 aromatic heterocycles. The number of H-pyrrole nitrogens is 1. The SMILES string of the molecule is COc1cc(/C=N/n2cn[nH]c2=S)ccc1OCc1cccc(C)c1.